The van der Waals surface area contributed by atoms with Gasteiger partial charge in [0.2, 0.25) is 5.91 Å². The Labute approximate surface area is 229 Å². The van der Waals surface area contributed by atoms with Crippen LogP contribution in [0.3, 0.4) is 0 Å². The summed E-state index contributed by atoms with van der Waals surface area (Å²) < 4.78 is 0. The minimum absolute atomic E-state index is 0.0591. The number of hydrogen-bond donors (Lipinski definition) is 2. The van der Waals surface area contributed by atoms with Crippen molar-refractivity contribution in [2.24, 2.45) is 0 Å². The van der Waals surface area contributed by atoms with Crippen LogP contribution in [-0.4, -0.2) is 17.9 Å². The van der Waals surface area contributed by atoms with Gasteiger partial charge in [-0.1, -0.05) is 129 Å². The maximum Gasteiger partial charge on any atom is 0.251 e. The predicted octanol–water partition coefficient (Wildman–Crippen LogP) is 9.98. The van der Waals surface area contributed by atoms with Gasteiger partial charge in [-0.25, -0.2) is 0 Å². The van der Waals surface area contributed by atoms with Crippen LogP contribution in [0.25, 0.3) is 0 Å². The number of rotatable bonds is 24. The zero-order valence-electron chi connectivity index (χ0n) is 24.6. The third-order valence-corrected chi connectivity index (χ3v) is 7.43. The van der Waals surface area contributed by atoms with Crippen LogP contribution in [-0.2, 0) is 4.79 Å². The van der Waals surface area contributed by atoms with Gasteiger partial charge >= 0.3 is 0 Å². The number of carbonyl (C=O) groups is 2. The highest BCUT2D eigenvalue weighted by atomic mass is 16.2. The first-order valence-electron chi connectivity index (χ1n) is 15.8. The Morgan fingerprint density at radius 3 is 1.43 bits per heavy atom. The summed E-state index contributed by atoms with van der Waals surface area (Å²) in [7, 11) is 0. The molecule has 212 valence electrons. The van der Waals surface area contributed by atoms with E-state index in [1.165, 1.54) is 109 Å². The molecule has 0 aliphatic rings. The Balaban J connectivity index is 1.89. The number of unbranched alkanes of at least 4 members (excludes halogenated alkanes) is 18. The van der Waals surface area contributed by atoms with Crippen LogP contribution in [0.1, 0.15) is 166 Å². The van der Waals surface area contributed by atoms with Gasteiger partial charge in [0.25, 0.3) is 5.91 Å². The number of nitrogens with one attached hydrogen (secondary N) is 2. The van der Waals surface area contributed by atoms with Crippen molar-refractivity contribution in [1.82, 2.24) is 5.32 Å². The summed E-state index contributed by atoms with van der Waals surface area (Å²) in [6.45, 7) is 6.33. The smallest absolute Gasteiger partial charge is 0.251 e. The Morgan fingerprint density at radius 2 is 1.03 bits per heavy atom. The van der Waals surface area contributed by atoms with Crippen molar-refractivity contribution in [2.45, 2.75) is 162 Å². The number of benzene rings is 1. The third kappa shape index (κ3) is 19.0. The van der Waals surface area contributed by atoms with Crippen LogP contribution in [0.4, 0.5) is 5.69 Å². The highest BCUT2D eigenvalue weighted by Crippen LogP contribution is 2.15. The summed E-state index contributed by atoms with van der Waals surface area (Å²) in [5.74, 6) is -0.00917. The maximum absolute atomic E-state index is 12.2. The highest BCUT2D eigenvalue weighted by molar-refractivity contribution is 5.95. The fourth-order valence-electron chi connectivity index (χ4n) is 4.70. The van der Waals surface area contributed by atoms with Gasteiger partial charge in [-0.2, -0.15) is 0 Å². The minimum Gasteiger partial charge on any atom is -0.350 e. The van der Waals surface area contributed by atoms with Gasteiger partial charge in [-0.3, -0.25) is 9.59 Å². The summed E-state index contributed by atoms with van der Waals surface area (Å²) >= 11 is 0. The van der Waals surface area contributed by atoms with Crippen LogP contribution in [0.2, 0.25) is 0 Å². The van der Waals surface area contributed by atoms with Gasteiger partial charge in [0.15, 0.2) is 0 Å². The first-order chi connectivity index (χ1) is 18.1. The zero-order chi connectivity index (χ0) is 27.0. The quantitative estimate of drug-likeness (QED) is 0.135. The van der Waals surface area contributed by atoms with Crippen LogP contribution in [0.15, 0.2) is 24.3 Å². The molecule has 0 aromatic heterocycles. The van der Waals surface area contributed by atoms with E-state index in [9.17, 15) is 9.59 Å². The van der Waals surface area contributed by atoms with E-state index in [1.54, 1.807) is 24.3 Å². The van der Waals surface area contributed by atoms with Crippen LogP contribution < -0.4 is 10.6 Å². The summed E-state index contributed by atoms with van der Waals surface area (Å²) in [5.41, 5.74) is 1.37. The summed E-state index contributed by atoms with van der Waals surface area (Å²) in [6.07, 6.45) is 27.2. The molecule has 1 aromatic rings. The number of hydrogen-bond acceptors (Lipinski definition) is 2. The summed E-state index contributed by atoms with van der Waals surface area (Å²) in [6, 6.07) is 7.31. The predicted molar refractivity (Wildman–Crippen MR) is 160 cm³/mol. The molecule has 1 aromatic carbocycles. The number of anilines is 1. The fraction of sp³-hybridized carbons (Fsp3) is 0.758. The fourth-order valence-corrected chi connectivity index (χ4v) is 4.70. The van der Waals surface area contributed by atoms with Crippen molar-refractivity contribution in [3.8, 4) is 0 Å². The Hall–Kier alpha value is -1.84. The maximum atomic E-state index is 12.2. The standard InChI is InChI=1S/C33H58N2O2/c1-4-6-7-8-9-10-11-12-13-14-15-16-17-18-19-20-21-22-23-24-32(36)35-31-27-25-30(26-28-31)33(37)34-29(3)5-2/h25-29H,4-24H2,1-3H3,(H,34,37)(H,35,36). The molecule has 2 N–H and O–H groups in total. The van der Waals surface area contributed by atoms with Crippen molar-refractivity contribution in [3.05, 3.63) is 29.8 Å². The van der Waals surface area contributed by atoms with E-state index in [-0.39, 0.29) is 17.9 Å². The first-order valence-corrected chi connectivity index (χ1v) is 15.8. The first kappa shape index (κ1) is 33.2. The SMILES string of the molecule is CCCCCCCCCCCCCCCCCCCCCC(=O)Nc1ccc(C(=O)NC(C)CC)cc1. The molecule has 0 aliphatic carbocycles. The molecule has 0 aliphatic heterocycles. The molecule has 4 heteroatoms. The highest BCUT2D eigenvalue weighted by Gasteiger charge is 2.09. The molecule has 37 heavy (non-hydrogen) atoms. The molecule has 1 rings (SSSR count). The monoisotopic (exact) mass is 514 g/mol. The Morgan fingerprint density at radius 1 is 0.622 bits per heavy atom. The summed E-state index contributed by atoms with van der Waals surface area (Å²) in [4.78, 5) is 24.4. The van der Waals surface area contributed by atoms with E-state index >= 15 is 0 Å². The topological polar surface area (TPSA) is 58.2 Å². The van der Waals surface area contributed by atoms with Crippen molar-refractivity contribution < 1.29 is 9.59 Å². The van der Waals surface area contributed by atoms with E-state index in [4.69, 9.17) is 0 Å². The molecule has 4 nitrogen and oxygen atoms in total. The van der Waals surface area contributed by atoms with Gasteiger partial charge in [0.1, 0.15) is 0 Å². The average Bonchev–Trinajstić information content (AvgIpc) is 2.90. The molecule has 0 heterocycles. The van der Waals surface area contributed by atoms with Gasteiger partial charge < -0.3 is 10.6 Å². The average molecular weight is 515 g/mol. The second-order valence-electron chi connectivity index (χ2n) is 11.0. The molecule has 0 radical (unpaired) electrons. The molecular weight excluding hydrogens is 456 g/mol. The van der Waals surface area contributed by atoms with Crippen molar-refractivity contribution in [3.63, 3.8) is 0 Å². The molecule has 0 saturated carbocycles. The van der Waals surface area contributed by atoms with Crippen LogP contribution in [0.5, 0.6) is 0 Å². The van der Waals surface area contributed by atoms with Gasteiger partial charge in [-0.05, 0) is 44.0 Å². The minimum atomic E-state index is -0.0682. The van der Waals surface area contributed by atoms with Gasteiger partial charge in [0, 0.05) is 23.7 Å². The molecule has 0 spiro atoms. The molecule has 1 atom stereocenters. The zero-order valence-corrected chi connectivity index (χ0v) is 24.6. The Bertz CT molecular complexity index is 686. The normalized spacial score (nSPS) is 11.9. The largest absolute Gasteiger partial charge is 0.350 e. The van der Waals surface area contributed by atoms with E-state index in [0.717, 1.165) is 24.9 Å². The lowest BCUT2D eigenvalue weighted by atomic mass is 10.0. The van der Waals surface area contributed by atoms with Gasteiger partial charge in [-0.15, -0.1) is 0 Å². The third-order valence-electron chi connectivity index (χ3n) is 7.43. The van der Waals surface area contributed by atoms with Crippen molar-refractivity contribution in [1.29, 1.82) is 0 Å². The second-order valence-corrected chi connectivity index (χ2v) is 11.0. The van der Waals surface area contributed by atoms with E-state index in [2.05, 4.69) is 17.6 Å². The summed E-state index contributed by atoms with van der Waals surface area (Å²) in [5, 5.41) is 5.90. The number of amides is 2. The van der Waals surface area contributed by atoms with E-state index in [1.807, 2.05) is 13.8 Å². The molecule has 2 amide bonds. The lowest BCUT2D eigenvalue weighted by Crippen LogP contribution is -2.31. The lowest BCUT2D eigenvalue weighted by Gasteiger charge is -2.11. The Kier molecular flexibility index (Phi) is 20.9. The second kappa shape index (κ2) is 23.3. The van der Waals surface area contributed by atoms with Gasteiger partial charge in [0.05, 0.1) is 0 Å². The van der Waals surface area contributed by atoms with E-state index < -0.39 is 0 Å². The van der Waals surface area contributed by atoms with Crippen molar-refractivity contribution in [2.75, 3.05) is 5.32 Å². The lowest BCUT2D eigenvalue weighted by molar-refractivity contribution is -0.116. The van der Waals surface area contributed by atoms with Crippen LogP contribution >= 0.6 is 0 Å². The molecule has 0 fully saturated rings. The molecule has 0 bridgehead atoms. The van der Waals surface area contributed by atoms with Crippen LogP contribution in [0, 0.1) is 0 Å². The number of carbonyl (C=O) groups excluding carboxylic acids is 2. The molecular formula is C33H58N2O2. The van der Waals surface area contributed by atoms with Crippen molar-refractivity contribution >= 4 is 17.5 Å². The van der Waals surface area contributed by atoms with E-state index in [0.29, 0.717) is 12.0 Å². The molecule has 0 saturated heterocycles. The molecule has 1 unspecified atom stereocenters.